The standard InChI is InChI=1S/3C9H10O.C5H5.Hf/c3*1-2-5-8-6-3-4-7-9(8)10;1-2-4-5-3-1;/h3*2-4,6-7,10H,1,5H2;1-3H,4H2;/q;;;-1;+4/p-3. The summed E-state index contributed by atoms with van der Waals surface area (Å²) < 4.78 is 0. The molecule has 0 aliphatic heterocycles. The van der Waals surface area contributed by atoms with E-state index < -0.39 is 0 Å². The van der Waals surface area contributed by atoms with E-state index in [-0.39, 0.29) is 43.1 Å². The van der Waals surface area contributed by atoms with Crippen LogP contribution >= 0.6 is 0 Å². The van der Waals surface area contributed by atoms with Gasteiger partial charge in [0.25, 0.3) is 0 Å². The van der Waals surface area contributed by atoms with Gasteiger partial charge in [-0.3, -0.25) is 6.08 Å². The minimum atomic E-state index is 0. The maximum Gasteiger partial charge on any atom is 4.00 e. The van der Waals surface area contributed by atoms with Crippen molar-refractivity contribution in [3.05, 3.63) is 152 Å². The molecule has 182 valence electrons. The Hall–Kier alpha value is -3.37. The molecule has 0 atom stereocenters. The fourth-order valence-corrected chi connectivity index (χ4v) is 2.82. The summed E-state index contributed by atoms with van der Waals surface area (Å²) in [5.41, 5.74) is 2.45. The average Bonchev–Trinajstić information content (AvgIpc) is 3.45. The fourth-order valence-electron chi connectivity index (χ4n) is 2.82. The van der Waals surface area contributed by atoms with E-state index in [2.05, 4.69) is 31.9 Å². The monoisotopic (exact) mass is 644 g/mol. The molecule has 3 nitrogen and oxygen atoms in total. The maximum atomic E-state index is 11.0. The molecule has 4 rings (SSSR count). The molecule has 0 aromatic heterocycles. The van der Waals surface area contributed by atoms with Crippen LogP contribution in [-0.2, 0) is 45.1 Å². The van der Waals surface area contributed by atoms with Crippen molar-refractivity contribution >= 4 is 0 Å². The molecule has 1 aliphatic rings. The summed E-state index contributed by atoms with van der Waals surface area (Å²) in [7, 11) is 0. The van der Waals surface area contributed by atoms with Crippen LogP contribution in [0.15, 0.2) is 129 Å². The number of para-hydroxylation sites is 3. The SMILES string of the molecule is C=CCc1ccccc1[O-].C=CCc1ccccc1[O-].C=CCc1ccccc1[O-].[C-]1=CC=CC1.[Hf+4]. The molecule has 4 heteroatoms. The Morgan fingerprint density at radius 1 is 0.611 bits per heavy atom. The quantitative estimate of drug-likeness (QED) is 0.195. The first-order valence-corrected chi connectivity index (χ1v) is 11.3. The zero-order valence-corrected chi connectivity index (χ0v) is 24.2. The van der Waals surface area contributed by atoms with E-state index >= 15 is 0 Å². The second-order valence-electron chi connectivity index (χ2n) is 7.30. The summed E-state index contributed by atoms with van der Waals surface area (Å²) in [4.78, 5) is 0. The van der Waals surface area contributed by atoms with Crippen LogP contribution in [0, 0.1) is 6.08 Å². The Labute approximate surface area is 235 Å². The molecule has 36 heavy (non-hydrogen) atoms. The third-order valence-electron chi connectivity index (χ3n) is 4.60. The van der Waals surface area contributed by atoms with Crippen molar-refractivity contribution in [1.82, 2.24) is 0 Å². The fraction of sp³-hybridized carbons (Fsp3) is 0.125. The van der Waals surface area contributed by atoms with Gasteiger partial charge in [-0.15, -0.1) is 43.4 Å². The molecule has 0 heterocycles. The van der Waals surface area contributed by atoms with Gasteiger partial charge in [0.15, 0.2) is 0 Å². The molecule has 0 saturated heterocycles. The van der Waals surface area contributed by atoms with Gasteiger partial charge in [-0.1, -0.05) is 108 Å². The van der Waals surface area contributed by atoms with Gasteiger partial charge in [-0.25, -0.2) is 12.2 Å². The van der Waals surface area contributed by atoms with Crippen LogP contribution in [0.1, 0.15) is 23.1 Å². The van der Waals surface area contributed by atoms with E-state index in [0.717, 1.165) is 23.1 Å². The van der Waals surface area contributed by atoms with Crippen molar-refractivity contribution < 1.29 is 41.2 Å². The Kier molecular flexibility index (Phi) is 19.0. The first-order chi connectivity index (χ1) is 17.0. The van der Waals surface area contributed by atoms with Crippen LogP contribution in [0.3, 0.4) is 0 Å². The Balaban J connectivity index is 0.000000460. The zero-order valence-electron chi connectivity index (χ0n) is 20.6. The van der Waals surface area contributed by atoms with Gasteiger partial charge in [0, 0.05) is 0 Å². The molecule has 0 radical (unpaired) electrons. The number of hydrogen-bond acceptors (Lipinski definition) is 3. The predicted molar refractivity (Wildman–Crippen MR) is 141 cm³/mol. The number of benzene rings is 3. The predicted octanol–water partition coefficient (Wildman–Crippen LogP) is 5.77. The van der Waals surface area contributed by atoms with Crippen LogP contribution in [-0.4, -0.2) is 0 Å². The molecule has 0 fully saturated rings. The molecular formula is C32H32HfO3. The Bertz CT molecular complexity index is 967. The van der Waals surface area contributed by atoms with E-state index in [4.69, 9.17) is 0 Å². The van der Waals surface area contributed by atoms with Gasteiger partial charge in [-0.05, 0) is 19.3 Å². The van der Waals surface area contributed by atoms with Crippen LogP contribution in [0.4, 0.5) is 0 Å². The molecule has 3 aromatic carbocycles. The third-order valence-corrected chi connectivity index (χ3v) is 4.60. The minimum absolute atomic E-state index is 0. The summed E-state index contributed by atoms with van der Waals surface area (Å²) in [5.74, 6) is 0.298. The molecule has 3 aromatic rings. The topological polar surface area (TPSA) is 69.2 Å². The largest absolute Gasteiger partial charge is 4.00 e. The van der Waals surface area contributed by atoms with Crippen molar-refractivity contribution in [3.8, 4) is 17.2 Å². The molecule has 0 spiro atoms. The average molecular weight is 643 g/mol. The van der Waals surface area contributed by atoms with Gasteiger partial charge in [0.1, 0.15) is 0 Å². The van der Waals surface area contributed by atoms with E-state index in [1.807, 2.05) is 48.6 Å². The summed E-state index contributed by atoms with van der Waals surface area (Å²) in [5, 5.41) is 32.9. The van der Waals surface area contributed by atoms with E-state index in [1.54, 1.807) is 54.6 Å². The van der Waals surface area contributed by atoms with Crippen LogP contribution in [0.5, 0.6) is 17.2 Å². The number of allylic oxidation sites excluding steroid dienone is 7. The minimum Gasteiger partial charge on any atom is -0.872 e. The molecular weight excluding hydrogens is 611 g/mol. The van der Waals surface area contributed by atoms with Crippen molar-refractivity contribution in [2.45, 2.75) is 25.7 Å². The van der Waals surface area contributed by atoms with E-state index in [0.29, 0.717) is 19.3 Å². The van der Waals surface area contributed by atoms with Crippen molar-refractivity contribution in [1.29, 1.82) is 0 Å². The van der Waals surface area contributed by atoms with E-state index in [1.165, 1.54) is 0 Å². The molecule has 0 amide bonds. The summed E-state index contributed by atoms with van der Waals surface area (Å²) >= 11 is 0. The molecule has 0 N–H and O–H groups in total. The van der Waals surface area contributed by atoms with E-state index in [9.17, 15) is 15.3 Å². The zero-order chi connectivity index (χ0) is 25.7. The van der Waals surface area contributed by atoms with Crippen LogP contribution in [0.25, 0.3) is 0 Å². The first-order valence-electron chi connectivity index (χ1n) is 11.3. The van der Waals surface area contributed by atoms with Crippen molar-refractivity contribution in [3.63, 3.8) is 0 Å². The summed E-state index contributed by atoms with van der Waals surface area (Å²) in [6, 6.07) is 21.0. The maximum absolute atomic E-state index is 11.0. The van der Waals surface area contributed by atoms with Crippen LogP contribution < -0.4 is 15.3 Å². The smallest absolute Gasteiger partial charge is 0.872 e. The normalized spacial score (nSPS) is 10.1. The summed E-state index contributed by atoms with van der Waals surface area (Å²) in [6.07, 6.45) is 17.2. The van der Waals surface area contributed by atoms with Crippen molar-refractivity contribution in [2.24, 2.45) is 0 Å². The molecule has 0 bridgehead atoms. The van der Waals surface area contributed by atoms with Gasteiger partial charge >= 0.3 is 25.8 Å². The van der Waals surface area contributed by atoms with Crippen molar-refractivity contribution in [2.75, 3.05) is 0 Å². The second kappa shape index (κ2) is 21.0. The second-order valence-corrected chi connectivity index (χ2v) is 7.30. The third kappa shape index (κ3) is 14.1. The first kappa shape index (κ1) is 32.6. The molecule has 1 aliphatic carbocycles. The van der Waals surface area contributed by atoms with Gasteiger partial charge in [-0.2, -0.15) is 6.08 Å². The van der Waals surface area contributed by atoms with Gasteiger partial charge < -0.3 is 15.3 Å². The number of rotatable bonds is 6. The molecule has 0 unspecified atom stereocenters. The Morgan fingerprint density at radius 2 is 0.944 bits per heavy atom. The number of hydrogen-bond donors (Lipinski definition) is 0. The Morgan fingerprint density at radius 3 is 1.14 bits per heavy atom. The van der Waals surface area contributed by atoms with Crippen LogP contribution in [0.2, 0.25) is 0 Å². The van der Waals surface area contributed by atoms with Gasteiger partial charge in [0.2, 0.25) is 0 Å². The van der Waals surface area contributed by atoms with Gasteiger partial charge in [0.05, 0.1) is 0 Å². The molecule has 0 saturated carbocycles. The summed E-state index contributed by atoms with van der Waals surface area (Å²) in [6.45, 7) is 10.7.